The van der Waals surface area contributed by atoms with Crippen molar-refractivity contribution in [2.45, 2.75) is 66.8 Å². The van der Waals surface area contributed by atoms with Crippen LogP contribution in [-0.4, -0.2) is 32.8 Å². The fraction of sp³-hybridized carbons (Fsp3) is 1.00. The van der Waals surface area contributed by atoms with Gasteiger partial charge in [-0.25, -0.2) is 0 Å². The van der Waals surface area contributed by atoms with Crippen molar-refractivity contribution in [3.05, 3.63) is 0 Å². The molecule has 0 bridgehead atoms. The Balaban J connectivity index is 2.97. The molecule has 0 aliphatic carbocycles. The minimum atomic E-state index is 0.816. The van der Waals surface area contributed by atoms with Crippen molar-refractivity contribution in [3.8, 4) is 0 Å². The van der Waals surface area contributed by atoms with E-state index in [-0.39, 0.29) is 0 Å². The van der Waals surface area contributed by atoms with Crippen molar-refractivity contribution >= 4 is 43.9 Å². The number of hydrogen-bond donors (Lipinski definition) is 0. The van der Waals surface area contributed by atoms with Gasteiger partial charge < -0.3 is 0 Å². The zero-order valence-corrected chi connectivity index (χ0v) is 12.9. The van der Waals surface area contributed by atoms with Crippen LogP contribution >= 0.6 is 15.9 Å². The van der Waals surface area contributed by atoms with E-state index in [4.69, 9.17) is 0 Å². The zero-order chi connectivity index (χ0) is 9.94. The van der Waals surface area contributed by atoms with Gasteiger partial charge in [0.15, 0.2) is 0 Å². The number of rotatable bonds is 9. The molecule has 74 valence electrons. The van der Waals surface area contributed by atoms with Crippen LogP contribution in [0.15, 0.2) is 0 Å². The molecule has 1 atom stereocenters. The molecule has 0 aliphatic rings. The summed E-state index contributed by atoms with van der Waals surface area (Å²) in [6.07, 6.45) is 11.4. The van der Waals surface area contributed by atoms with Crippen molar-refractivity contribution in [2.75, 3.05) is 0 Å². The first-order chi connectivity index (χ1) is 6.31. The third-order valence-corrected chi connectivity index (χ3v) is 3.97. The van der Waals surface area contributed by atoms with Gasteiger partial charge in [0.05, 0.1) is 0 Å². The Hall–Kier alpha value is 1.48. The number of hydrogen-bond acceptors (Lipinski definition) is 0. The van der Waals surface area contributed by atoms with Gasteiger partial charge in [0, 0.05) is 0 Å². The summed E-state index contributed by atoms with van der Waals surface area (Å²) in [7, 11) is 0. The van der Waals surface area contributed by atoms with Gasteiger partial charge in [0.1, 0.15) is 0 Å². The van der Waals surface area contributed by atoms with E-state index >= 15 is 0 Å². The SMILES string of the molecule is CCCCCCCCC(Br)C[CH2][Na]. The molecule has 0 radical (unpaired) electrons. The molecule has 1 unspecified atom stereocenters. The summed E-state index contributed by atoms with van der Waals surface area (Å²) in [4.78, 5) is 0.816. The Morgan fingerprint density at radius 1 is 1.00 bits per heavy atom. The molecule has 0 heterocycles. The Morgan fingerprint density at radius 2 is 1.62 bits per heavy atom. The van der Waals surface area contributed by atoms with Crippen molar-refractivity contribution in [3.63, 3.8) is 0 Å². The van der Waals surface area contributed by atoms with E-state index in [1.165, 1.54) is 83.0 Å². The van der Waals surface area contributed by atoms with Crippen LogP contribution < -0.4 is 0 Å². The van der Waals surface area contributed by atoms with Gasteiger partial charge in [-0.05, 0) is 0 Å². The van der Waals surface area contributed by atoms with Crippen LogP contribution in [0, 0.1) is 0 Å². The first-order valence-corrected chi connectivity index (χ1v) is 8.28. The molecule has 0 amide bonds. The van der Waals surface area contributed by atoms with E-state index in [1.54, 1.807) is 0 Å². The Kier molecular flexibility index (Phi) is 12.9. The van der Waals surface area contributed by atoms with Crippen molar-refractivity contribution in [1.82, 2.24) is 0 Å². The average Bonchev–Trinajstić information content (AvgIpc) is 2.11. The minimum absolute atomic E-state index is 0.816. The summed E-state index contributed by atoms with van der Waals surface area (Å²) < 4.78 is 1.45. The molecule has 0 rings (SSSR count). The maximum atomic E-state index is 3.74. The van der Waals surface area contributed by atoms with E-state index in [0.29, 0.717) is 0 Å². The van der Waals surface area contributed by atoms with Gasteiger partial charge in [0.2, 0.25) is 0 Å². The average molecular weight is 257 g/mol. The van der Waals surface area contributed by atoms with Crippen LogP contribution in [0.3, 0.4) is 0 Å². The Labute approximate surface area is 110 Å². The molecule has 0 aromatic carbocycles. The fourth-order valence-corrected chi connectivity index (χ4v) is 3.93. The van der Waals surface area contributed by atoms with Crippen LogP contribution in [0.4, 0.5) is 0 Å². The van der Waals surface area contributed by atoms with E-state index in [1.807, 2.05) is 0 Å². The molecule has 0 N–H and O–H groups in total. The number of alkyl halides is 1. The van der Waals surface area contributed by atoms with Crippen LogP contribution in [0.5, 0.6) is 0 Å². The number of halogens is 1. The molecular weight excluding hydrogens is 235 g/mol. The molecule has 0 spiro atoms. The Bertz CT molecular complexity index is 96.1. The first-order valence-electron chi connectivity index (χ1n) is 5.95. The molecule has 13 heavy (non-hydrogen) atoms. The topological polar surface area (TPSA) is 0 Å². The van der Waals surface area contributed by atoms with E-state index < -0.39 is 0 Å². The van der Waals surface area contributed by atoms with Crippen LogP contribution in [0.25, 0.3) is 0 Å². The molecule has 0 fully saturated rings. The molecule has 0 aromatic rings. The molecule has 0 saturated carbocycles. The molecule has 0 nitrogen and oxygen atoms in total. The van der Waals surface area contributed by atoms with Gasteiger partial charge >= 0.3 is 111 Å². The third kappa shape index (κ3) is 11.4. The monoisotopic (exact) mass is 256 g/mol. The number of unbranched alkanes of at least 4 members (excludes halogenated alkanes) is 5. The molecule has 0 aliphatic heterocycles. The molecular formula is C11H22BrNa. The maximum absolute atomic E-state index is 3.74. The zero-order valence-electron chi connectivity index (χ0n) is 9.32. The van der Waals surface area contributed by atoms with Crippen LogP contribution in [0.1, 0.15) is 58.3 Å². The summed E-state index contributed by atoms with van der Waals surface area (Å²) in [5.74, 6) is 0. The van der Waals surface area contributed by atoms with Crippen LogP contribution in [0.2, 0.25) is 3.67 Å². The summed E-state index contributed by atoms with van der Waals surface area (Å²) in [6.45, 7) is 2.28. The second-order valence-corrected chi connectivity index (χ2v) is 6.24. The third-order valence-electron chi connectivity index (χ3n) is 2.47. The summed E-state index contributed by atoms with van der Waals surface area (Å²) in [5.41, 5.74) is 0. The Morgan fingerprint density at radius 3 is 2.23 bits per heavy atom. The summed E-state index contributed by atoms with van der Waals surface area (Å²) in [5, 5.41) is 0. The van der Waals surface area contributed by atoms with Crippen molar-refractivity contribution in [1.29, 1.82) is 0 Å². The standard InChI is InChI=1S/C11H22Br.Na/c1-3-5-6-7-8-9-10-11(12)4-2;/h11H,2-10H2,1H3;. The van der Waals surface area contributed by atoms with E-state index in [2.05, 4.69) is 22.9 Å². The quantitative estimate of drug-likeness (QED) is 0.324. The fourth-order valence-electron chi connectivity index (χ4n) is 1.60. The van der Waals surface area contributed by atoms with Gasteiger partial charge in [-0.1, -0.05) is 0 Å². The molecule has 0 saturated heterocycles. The molecule has 2 heteroatoms. The normalized spacial score (nSPS) is 13.2. The first kappa shape index (κ1) is 14.5. The predicted molar refractivity (Wildman–Crippen MR) is 65.9 cm³/mol. The van der Waals surface area contributed by atoms with E-state index in [0.717, 1.165) is 4.83 Å². The van der Waals surface area contributed by atoms with Crippen molar-refractivity contribution in [2.24, 2.45) is 0 Å². The van der Waals surface area contributed by atoms with Gasteiger partial charge in [-0.2, -0.15) is 0 Å². The van der Waals surface area contributed by atoms with Crippen LogP contribution in [-0.2, 0) is 0 Å². The summed E-state index contributed by atoms with van der Waals surface area (Å²) in [6, 6.07) is 0. The second-order valence-electron chi connectivity index (χ2n) is 3.94. The van der Waals surface area contributed by atoms with Gasteiger partial charge in [0.25, 0.3) is 0 Å². The van der Waals surface area contributed by atoms with E-state index in [9.17, 15) is 0 Å². The molecule has 0 aromatic heterocycles. The van der Waals surface area contributed by atoms with Gasteiger partial charge in [-0.15, -0.1) is 0 Å². The predicted octanol–water partition coefficient (Wildman–Crippen LogP) is 4.48. The second kappa shape index (κ2) is 11.6. The van der Waals surface area contributed by atoms with Crippen molar-refractivity contribution < 1.29 is 0 Å². The van der Waals surface area contributed by atoms with Gasteiger partial charge in [-0.3, -0.25) is 0 Å². The summed E-state index contributed by atoms with van der Waals surface area (Å²) >= 11 is 5.11.